The van der Waals surface area contributed by atoms with Crippen LogP contribution in [0.1, 0.15) is 28.8 Å². The molecule has 0 fully saturated rings. The van der Waals surface area contributed by atoms with Crippen LogP contribution in [0.25, 0.3) is 17.0 Å². The zero-order valence-electron chi connectivity index (χ0n) is 15.7. The first-order chi connectivity index (χ1) is 14.2. The topological polar surface area (TPSA) is 72.4 Å². The maximum atomic E-state index is 13.1. The third-order valence-electron chi connectivity index (χ3n) is 4.53. The fourth-order valence-corrected chi connectivity index (χ4v) is 3.53. The molecular weight excluding hydrogens is 391 g/mol. The van der Waals surface area contributed by atoms with Gasteiger partial charge < -0.3 is 9.73 Å². The summed E-state index contributed by atoms with van der Waals surface area (Å²) in [5.74, 6) is 1.56. The highest BCUT2D eigenvalue weighted by Gasteiger charge is 2.22. The molecule has 0 saturated carbocycles. The van der Waals surface area contributed by atoms with Crippen LogP contribution in [0.4, 0.5) is 4.39 Å². The lowest BCUT2D eigenvalue weighted by Crippen LogP contribution is -2.30. The predicted octanol–water partition coefficient (Wildman–Crippen LogP) is 4.35. The van der Waals surface area contributed by atoms with E-state index in [2.05, 4.69) is 15.5 Å². The highest BCUT2D eigenvalue weighted by molar-refractivity contribution is 7.98. The number of carbonyl (C=O) groups excluding carboxylic acids is 1. The smallest absolute Gasteiger partial charge is 0.287 e. The second kappa shape index (κ2) is 8.48. The molecule has 3 heterocycles. The Morgan fingerprint density at radius 2 is 2.00 bits per heavy atom. The highest BCUT2D eigenvalue weighted by atomic mass is 32.2. The highest BCUT2D eigenvalue weighted by Crippen LogP contribution is 2.24. The largest absolute Gasteiger partial charge is 0.451 e. The van der Waals surface area contributed by atoms with Crippen LogP contribution in [-0.4, -0.2) is 32.5 Å². The molecule has 1 aromatic carbocycles. The van der Waals surface area contributed by atoms with Gasteiger partial charge in [0.05, 0.1) is 6.04 Å². The molecule has 148 valence electrons. The number of thioether (sulfide) groups is 1. The molecule has 0 bridgehead atoms. The Labute approximate surface area is 171 Å². The van der Waals surface area contributed by atoms with Crippen LogP contribution in [-0.2, 0) is 0 Å². The third-order valence-corrected chi connectivity index (χ3v) is 5.17. The molecule has 1 unspecified atom stereocenters. The monoisotopic (exact) mass is 410 g/mol. The van der Waals surface area contributed by atoms with E-state index in [4.69, 9.17) is 4.42 Å². The zero-order chi connectivity index (χ0) is 20.2. The van der Waals surface area contributed by atoms with E-state index in [9.17, 15) is 9.18 Å². The van der Waals surface area contributed by atoms with E-state index in [1.54, 1.807) is 36.0 Å². The molecule has 0 aliphatic carbocycles. The number of aromatic nitrogens is 3. The van der Waals surface area contributed by atoms with Gasteiger partial charge >= 0.3 is 0 Å². The minimum Gasteiger partial charge on any atom is -0.451 e. The van der Waals surface area contributed by atoms with Gasteiger partial charge in [-0.2, -0.15) is 11.8 Å². The van der Waals surface area contributed by atoms with Crippen LogP contribution >= 0.6 is 11.8 Å². The summed E-state index contributed by atoms with van der Waals surface area (Å²) in [7, 11) is 0. The summed E-state index contributed by atoms with van der Waals surface area (Å²) < 4.78 is 20.7. The standard InChI is InChI=1S/C21H19FN4O2S/c1-29-13-11-16(20-25-24-19-4-2-3-12-26(19)20)23-21(27)18-10-9-17(28-18)14-5-7-15(22)8-6-14/h2-10,12,16H,11,13H2,1H3,(H,23,27). The van der Waals surface area contributed by atoms with E-state index in [0.717, 1.165) is 11.4 Å². The molecule has 1 N–H and O–H groups in total. The van der Waals surface area contributed by atoms with Crippen molar-refractivity contribution in [3.8, 4) is 11.3 Å². The summed E-state index contributed by atoms with van der Waals surface area (Å²) in [6.45, 7) is 0. The second-order valence-electron chi connectivity index (χ2n) is 6.47. The molecule has 3 aromatic heterocycles. The van der Waals surface area contributed by atoms with Gasteiger partial charge in [-0.15, -0.1) is 10.2 Å². The van der Waals surface area contributed by atoms with Crippen LogP contribution < -0.4 is 5.32 Å². The van der Waals surface area contributed by atoms with Crippen molar-refractivity contribution in [2.75, 3.05) is 12.0 Å². The molecule has 29 heavy (non-hydrogen) atoms. The van der Waals surface area contributed by atoms with Crippen LogP contribution in [0, 0.1) is 5.82 Å². The van der Waals surface area contributed by atoms with Crippen molar-refractivity contribution in [2.24, 2.45) is 0 Å². The van der Waals surface area contributed by atoms with E-state index < -0.39 is 0 Å². The van der Waals surface area contributed by atoms with E-state index in [0.29, 0.717) is 23.6 Å². The number of nitrogens with one attached hydrogen (secondary N) is 1. The maximum Gasteiger partial charge on any atom is 0.287 e. The van der Waals surface area contributed by atoms with E-state index in [-0.39, 0.29) is 23.5 Å². The normalized spacial score (nSPS) is 12.2. The first-order valence-corrected chi connectivity index (χ1v) is 10.5. The molecule has 8 heteroatoms. The Morgan fingerprint density at radius 3 is 2.79 bits per heavy atom. The summed E-state index contributed by atoms with van der Waals surface area (Å²) in [6.07, 6.45) is 4.60. The van der Waals surface area contributed by atoms with Gasteiger partial charge in [0, 0.05) is 11.8 Å². The van der Waals surface area contributed by atoms with Crippen molar-refractivity contribution >= 4 is 23.3 Å². The Kier molecular flexibility index (Phi) is 5.62. The van der Waals surface area contributed by atoms with Crippen LogP contribution in [0.3, 0.4) is 0 Å². The summed E-state index contributed by atoms with van der Waals surface area (Å²) >= 11 is 1.70. The second-order valence-corrected chi connectivity index (χ2v) is 7.45. The SMILES string of the molecule is CSCCC(NC(=O)c1ccc(-c2ccc(F)cc2)o1)c1nnc2ccccn12. The van der Waals surface area contributed by atoms with Gasteiger partial charge in [0.15, 0.2) is 17.2 Å². The Hall–Kier alpha value is -3.13. The maximum absolute atomic E-state index is 13.1. The molecule has 6 nitrogen and oxygen atoms in total. The fourth-order valence-electron chi connectivity index (χ4n) is 3.06. The van der Waals surface area contributed by atoms with E-state index in [1.165, 1.54) is 12.1 Å². The van der Waals surface area contributed by atoms with Crippen molar-refractivity contribution in [3.63, 3.8) is 0 Å². The molecule has 0 radical (unpaired) electrons. The Balaban J connectivity index is 1.56. The fraction of sp³-hybridized carbons (Fsp3) is 0.190. The van der Waals surface area contributed by atoms with E-state index in [1.807, 2.05) is 35.1 Å². The van der Waals surface area contributed by atoms with Crippen molar-refractivity contribution in [1.29, 1.82) is 0 Å². The average molecular weight is 410 g/mol. The van der Waals surface area contributed by atoms with Crippen LogP contribution in [0.2, 0.25) is 0 Å². The number of rotatable bonds is 7. The number of nitrogens with zero attached hydrogens (tertiary/aromatic N) is 3. The molecule has 1 atom stereocenters. The number of amides is 1. The minimum absolute atomic E-state index is 0.187. The number of carbonyl (C=O) groups is 1. The number of pyridine rings is 1. The molecule has 4 aromatic rings. The van der Waals surface area contributed by atoms with Crippen molar-refractivity contribution in [2.45, 2.75) is 12.5 Å². The number of fused-ring (bicyclic) bond motifs is 1. The van der Waals surface area contributed by atoms with Gasteiger partial charge in [0.2, 0.25) is 0 Å². The molecule has 0 aliphatic heterocycles. The number of hydrogen-bond acceptors (Lipinski definition) is 5. The molecule has 0 saturated heterocycles. The van der Waals surface area contributed by atoms with Gasteiger partial charge in [-0.1, -0.05) is 6.07 Å². The summed E-state index contributed by atoms with van der Waals surface area (Å²) in [6, 6.07) is 14.6. The average Bonchev–Trinajstić information content (AvgIpc) is 3.39. The molecular formula is C21H19FN4O2S. The molecule has 4 rings (SSSR count). The Bertz CT molecular complexity index is 1120. The van der Waals surface area contributed by atoms with Crippen molar-refractivity contribution < 1.29 is 13.6 Å². The number of hydrogen-bond donors (Lipinski definition) is 1. The first-order valence-electron chi connectivity index (χ1n) is 9.11. The van der Waals surface area contributed by atoms with E-state index >= 15 is 0 Å². The van der Waals surface area contributed by atoms with Gasteiger partial charge in [0.1, 0.15) is 11.6 Å². The number of furan rings is 1. The number of halogens is 1. The van der Waals surface area contributed by atoms with Gasteiger partial charge in [-0.25, -0.2) is 4.39 Å². The summed E-state index contributed by atoms with van der Waals surface area (Å²) in [5, 5.41) is 11.5. The lowest BCUT2D eigenvalue weighted by Gasteiger charge is -2.16. The van der Waals surface area contributed by atoms with Gasteiger partial charge in [0.25, 0.3) is 5.91 Å². The quantitative estimate of drug-likeness (QED) is 0.490. The van der Waals surface area contributed by atoms with Crippen LogP contribution in [0.15, 0.2) is 65.2 Å². The molecule has 1 amide bonds. The third kappa shape index (κ3) is 4.17. The van der Waals surface area contributed by atoms with Crippen molar-refractivity contribution in [1.82, 2.24) is 19.9 Å². The lowest BCUT2D eigenvalue weighted by atomic mass is 10.2. The molecule has 0 spiro atoms. The lowest BCUT2D eigenvalue weighted by molar-refractivity contribution is 0.0906. The van der Waals surface area contributed by atoms with Gasteiger partial charge in [-0.05, 0) is 67.0 Å². The molecule has 0 aliphatic rings. The minimum atomic E-state index is -0.336. The van der Waals surface area contributed by atoms with Crippen molar-refractivity contribution in [3.05, 3.63) is 78.2 Å². The number of benzene rings is 1. The summed E-state index contributed by atoms with van der Waals surface area (Å²) in [5.41, 5.74) is 1.43. The Morgan fingerprint density at radius 1 is 1.17 bits per heavy atom. The summed E-state index contributed by atoms with van der Waals surface area (Å²) in [4.78, 5) is 12.8. The van der Waals surface area contributed by atoms with Gasteiger partial charge in [-0.3, -0.25) is 9.20 Å². The first kappa shape index (κ1) is 19.2. The zero-order valence-corrected chi connectivity index (χ0v) is 16.5. The predicted molar refractivity (Wildman–Crippen MR) is 110 cm³/mol. The van der Waals surface area contributed by atoms with Crippen LogP contribution in [0.5, 0.6) is 0 Å².